The van der Waals surface area contributed by atoms with Gasteiger partial charge >= 0.3 is 0 Å². The summed E-state index contributed by atoms with van der Waals surface area (Å²) >= 11 is 0. The van der Waals surface area contributed by atoms with E-state index in [0.717, 1.165) is 17.7 Å². The number of benzene rings is 2. The Kier molecular flexibility index (Phi) is 5.38. The highest BCUT2D eigenvalue weighted by Crippen LogP contribution is 2.36. The van der Waals surface area contributed by atoms with Crippen LogP contribution in [0.25, 0.3) is 11.5 Å². The number of aryl methyl sites for hydroxylation is 1. The summed E-state index contributed by atoms with van der Waals surface area (Å²) < 4.78 is 51.9. The van der Waals surface area contributed by atoms with E-state index >= 15 is 0 Å². The Balaban J connectivity index is 1.85. The molecule has 3 aromatic rings. The number of aromatic nitrogens is 1. The van der Waals surface area contributed by atoms with Crippen LogP contribution in [0.15, 0.2) is 62.9 Å². The predicted octanol–water partition coefficient (Wildman–Crippen LogP) is 4.24. The van der Waals surface area contributed by atoms with Gasteiger partial charge in [0, 0.05) is 18.7 Å². The van der Waals surface area contributed by atoms with Crippen molar-refractivity contribution in [2.24, 2.45) is 0 Å². The van der Waals surface area contributed by atoms with E-state index in [1.165, 1.54) is 12.1 Å². The summed E-state index contributed by atoms with van der Waals surface area (Å²) in [6.07, 6.45) is -0.189. The minimum Gasteiger partial charge on any atom is -0.419 e. The van der Waals surface area contributed by atoms with E-state index in [-0.39, 0.29) is 33.9 Å². The Hall–Kier alpha value is -2.71. The van der Waals surface area contributed by atoms with Crippen LogP contribution in [0.4, 0.5) is 10.3 Å². The third-order valence-corrected chi connectivity index (χ3v) is 6.63. The van der Waals surface area contributed by atoms with E-state index in [0.29, 0.717) is 18.7 Å². The molecule has 1 aliphatic rings. The first kappa shape index (κ1) is 20.6. The zero-order chi connectivity index (χ0) is 21.5. The third kappa shape index (κ3) is 3.97. The molecule has 0 radical (unpaired) electrons. The summed E-state index contributed by atoms with van der Waals surface area (Å²) in [5.74, 6) is -0.111. The molecule has 0 bridgehead atoms. The lowest BCUT2D eigenvalue weighted by molar-refractivity contribution is -0.00657. The van der Waals surface area contributed by atoms with Gasteiger partial charge in [-0.3, -0.25) is 0 Å². The molecule has 158 valence electrons. The summed E-state index contributed by atoms with van der Waals surface area (Å²) in [6.45, 7) is 6.76. The summed E-state index contributed by atoms with van der Waals surface area (Å²) in [6, 6.07) is 12.2. The molecule has 8 heteroatoms. The normalized spacial score (nSPS) is 19.8. The Labute approximate surface area is 175 Å². The summed E-state index contributed by atoms with van der Waals surface area (Å²) in [5, 5.41) is -0.175. The van der Waals surface area contributed by atoms with E-state index in [9.17, 15) is 12.8 Å². The maximum Gasteiger partial charge on any atom is 0.236 e. The number of rotatable bonds is 4. The highest BCUT2D eigenvalue weighted by Gasteiger charge is 2.34. The van der Waals surface area contributed by atoms with Crippen molar-refractivity contribution in [1.82, 2.24) is 4.98 Å². The number of morpholine rings is 1. The maximum atomic E-state index is 13.4. The Morgan fingerprint density at radius 2 is 1.60 bits per heavy atom. The number of halogens is 1. The molecule has 6 nitrogen and oxygen atoms in total. The lowest BCUT2D eigenvalue weighted by Crippen LogP contribution is -2.45. The molecule has 0 aliphatic carbocycles. The minimum absolute atomic E-state index is 0.0386. The molecule has 0 spiro atoms. The molecule has 4 rings (SSSR count). The van der Waals surface area contributed by atoms with Crippen LogP contribution in [0.2, 0.25) is 0 Å². The van der Waals surface area contributed by atoms with Gasteiger partial charge in [-0.15, -0.1) is 0 Å². The van der Waals surface area contributed by atoms with Gasteiger partial charge in [-0.05, 0) is 57.2 Å². The number of oxazole rings is 1. The molecule has 2 aromatic carbocycles. The molecular formula is C22H23FN2O4S. The lowest BCUT2D eigenvalue weighted by Gasteiger charge is -2.35. The minimum atomic E-state index is -4.02. The smallest absolute Gasteiger partial charge is 0.236 e. The fraction of sp³-hybridized carbons (Fsp3) is 0.318. The van der Waals surface area contributed by atoms with Crippen LogP contribution < -0.4 is 4.90 Å². The van der Waals surface area contributed by atoms with Crippen molar-refractivity contribution in [2.45, 2.75) is 42.9 Å². The third-order valence-electron chi connectivity index (χ3n) is 4.96. The average Bonchev–Trinajstić information content (AvgIpc) is 3.14. The number of hydrogen-bond donors (Lipinski definition) is 0. The molecule has 0 saturated carbocycles. The first-order valence-corrected chi connectivity index (χ1v) is 11.2. The number of hydrogen-bond acceptors (Lipinski definition) is 6. The van der Waals surface area contributed by atoms with Gasteiger partial charge in [0.25, 0.3) is 0 Å². The monoisotopic (exact) mass is 430 g/mol. The zero-order valence-corrected chi connectivity index (χ0v) is 17.8. The van der Waals surface area contributed by atoms with Crippen molar-refractivity contribution in [3.05, 3.63) is 59.9 Å². The van der Waals surface area contributed by atoms with Crippen molar-refractivity contribution in [1.29, 1.82) is 0 Å². The van der Waals surface area contributed by atoms with E-state index in [1.807, 2.05) is 49.9 Å². The van der Waals surface area contributed by atoms with Crippen molar-refractivity contribution >= 4 is 15.7 Å². The Morgan fingerprint density at radius 3 is 2.20 bits per heavy atom. The van der Waals surface area contributed by atoms with Gasteiger partial charge in [-0.1, -0.05) is 17.7 Å². The molecular weight excluding hydrogens is 407 g/mol. The van der Waals surface area contributed by atoms with Crippen LogP contribution in [0.5, 0.6) is 0 Å². The standard InChI is InChI=1S/C22H23FN2O4S/c1-14-4-6-17(7-5-14)20-24-21(30(26,27)19-10-8-18(23)9-11-19)22(29-20)25-12-15(2)28-16(3)13-25/h4-11,15-16H,12-13H2,1-3H3. The Morgan fingerprint density at radius 1 is 1.00 bits per heavy atom. The van der Waals surface area contributed by atoms with Gasteiger partial charge in [-0.25, -0.2) is 12.8 Å². The van der Waals surface area contributed by atoms with E-state index in [4.69, 9.17) is 9.15 Å². The van der Waals surface area contributed by atoms with Crippen LogP contribution >= 0.6 is 0 Å². The zero-order valence-electron chi connectivity index (χ0n) is 17.0. The van der Waals surface area contributed by atoms with E-state index < -0.39 is 15.7 Å². The topological polar surface area (TPSA) is 72.6 Å². The summed E-state index contributed by atoms with van der Waals surface area (Å²) in [4.78, 5) is 6.18. The molecule has 1 aliphatic heterocycles. The van der Waals surface area contributed by atoms with Gasteiger partial charge in [0.15, 0.2) is 0 Å². The van der Waals surface area contributed by atoms with Gasteiger partial charge in [-0.2, -0.15) is 4.98 Å². The fourth-order valence-corrected chi connectivity index (χ4v) is 4.88. The number of nitrogens with zero attached hydrogens (tertiary/aromatic N) is 2. The first-order valence-electron chi connectivity index (χ1n) is 9.73. The highest BCUT2D eigenvalue weighted by atomic mass is 32.2. The molecule has 1 fully saturated rings. The average molecular weight is 431 g/mol. The van der Waals surface area contributed by atoms with E-state index in [1.54, 1.807) is 0 Å². The SMILES string of the molecule is Cc1ccc(-c2nc(S(=O)(=O)c3ccc(F)cc3)c(N3CC(C)OC(C)C3)o2)cc1. The van der Waals surface area contributed by atoms with E-state index in [2.05, 4.69) is 4.98 Å². The largest absolute Gasteiger partial charge is 0.419 e. The van der Waals surface area contributed by atoms with Crippen molar-refractivity contribution in [3.63, 3.8) is 0 Å². The molecule has 2 heterocycles. The predicted molar refractivity (Wildman–Crippen MR) is 111 cm³/mol. The quantitative estimate of drug-likeness (QED) is 0.577. The number of sulfone groups is 1. The molecule has 1 aromatic heterocycles. The molecule has 0 amide bonds. The number of ether oxygens (including phenoxy) is 1. The van der Waals surface area contributed by atoms with Gasteiger partial charge < -0.3 is 14.1 Å². The van der Waals surface area contributed by atoms with Crippen LogP contribution in [0.1, 0.15) is 19.4 Å². The van der Waals surface area contributed by atoms with Gasteiger partial charge in [0.2, 0.25) is 26.6 Å². The summed E-state index contributed by atoms with van der Waals surface area (Å²) in [5.41, 5.74) is 1.75. The van der Waals surface area contributed by atoms with Crippen molar-refractivity contribution in [3.8, 4) is 11.5 Å². The summed E-state index contributed by atoms with van der Waals surface area (Å²) in [7, 11) is -4.02. The molecule has 1 saturated heterocycles. The van der Waals surface area contributed by atoms with Crippen molar-refractivity contribution < 1.29 is 22.0 Å². The van der Waals surface area contributed by atoms with Crippen LogP contribution in [0, 0.1) is 12.7 Å². The molecule has 0 N–H and O–H groups in total. The Bertz CT molecular complexity index is 1130. The second-order valence-corrected chi connectivity index (χ2v) is 9.48. The van der Waals surface area contributed by atoms with Crippen LogP contribution in [-0.4, -0.2) is 38.7 Å². The van der Waals surface area contributed by atoms with Gasteiger partial charge in [0.1, 0.15) is 5.82 Å². The van der Waals surface area contributed by atoms with Crippen molar-refractivity contribution in [2.75, 3.05) is 18.0 Å². The maximum absolute atomic E-state index is 13.4. The number of anilines is 1. The van der Waals surface area contributed by atoms with Crippen LogP contribution in [0.3, 0.4) is 0 Å². The first-order chi connectivity index (χ1) is 14.2. The second-order valence-electron chi connectivity index (χ2n) is 7.62. The highest BCUT2D eigenvalue weighted by molar-refractivity contribution is 7.91. The van der Waals surface area contributed by atoms with Gasteiger partial charge in [0.05, 0.1) is 17.1 Å². The fourth-order valence-electron chi connectivity index (χ4n) is 3.56. The molecule has 2 atom stereocenters. The lowest BCUT2D eigenvalue weighted by atomic mass is 10.1. The molecule has 30 heavy (non-hydrogen) atoms. The van der Waals surface area contributed by atoms with Crippen LogP contribution in [-0.2, 0) is 14.6 Å². The molecule has 2 unspecified atom stereocenters. The second kappa shape index (κ2) is 7.85.